The van der Waals surface area contributed by atoms with Crippen LogP contribution in [0.25, 0.3) is 0 Å². The molecule has 0 spiro atoms. The molecule has 20 heavy (non-hydrogen) atoms. The van der Waals surface area contributed by atoms with Gasteiger partial charge in [0.1, 0.15) is 12.7 Å². The van der Waals surface area contributed by atoms with Crippen LogP contribution in [-0.2, 0) is 4.74 Å². The van der Waals surface area contributed by atoms with Crippen LogP contribution >= 0.6 is 0 Å². The van der Waals surface area contributed by atoms with E-state index in [4.69, 9.17) is 14.9 Å². The minimum absolute atomic E-state index is 0.0859. The number of aliphatic hydroxyl groups is 2. The molecule has 1 unspecified atom stereocenters. The Kier molecular flexibility index (Phi) is 14.8. The summed E-state index contributed by atoms with van der Waals surface area (Å²) in [6.45, 7) is 2.03. The maximum atomic E-state index is 8.99. The Morgan fingerprint density at radius 3 is 2.50 bits per heavy atom. The zero-order chi connectivity index (χ0) is 14.9. The number of rotatable bonds is 11. The van der Waals surface area contributed by atoms with Crippen molar-refractivity contribution in [2.24, 2.45) is 0 Å². The molecule has 0 saturated carbocycles. The van der Waals surface area contributed by atoms with Crippen LogP contribution in [0.4, 0.5) is 0 Å². The van der Waals surface area contributed by atoms with E-state index in [0.717, 1.165) is 6.42 Å². The van der Waals surface area contributed by atoms with Gasteiger partial charge < -0.3 is 14.9 Å². The first-order valence-corrected chi connectivity index (χ1v) is 7.52. The molecule has 0 fully saturated rings. The first-order valence-electron chi connectivity index (χ1n) is 7.52. The third kappa shape index (κ3) is 14.8. The van der Waals surface area contributed by atoms with Gasteiger partial charge in [0, 0.05) is 6.08 Å². The van der Waals surface area contributed by atoms with Crippen LogP contribution in [0.2, 0.25) is 0 Å². The van der Waals surface area contributed by atoms with Crippen LogP contribution in [-0.4, -0.2) is 29.5 Å². The average Bonchev–Trinajstić information content (AvgIpc) is 2.47. The summed E-state index contributed by atoms with van der Waals surface area (Å²) < 4.78 is 4.96. The molecule has 0 radical (unpaired) electrons. The molecule has 114 valence electrons. The number of hydrogen-bond donors (Lipinski definition) is 2. The van der Waals surface area contributed by atoms with Crippen LogP contribution in [0.15, 0.2) is 24.5 Å². The van der Waals surface area contributed by atoms with Crippen molar-refractivity contribution in [2.75, 3.05) is 13.2 Å². The predicted molar refractivity (Wildman–Crippen MR) is 83.1 cm³/mol. The highest BCUT2D eigenvalue weighted by atomic mass is 16.5. The molecular weight excluding hydrogens is 252 g/mol. The van der Waals surface area contributed by atoms with Crippen molar-refractivity contribution in [1.82, 2.24) is 0 Å². The van der Waals surface area contributed by atoms with Gasteiger partial charge in [0.2, 0.25) is 0 Å². The lowest BCUT2D eigenvalue weighted by atomic mass is 10.1. The van der Waals surface area contributed by atoms with E-state index in [-0.39, 0.29) is 13.2 Å². The molecule has 0 saturated heterocycles. The molecule has 0 aliphatic rings. The maximum Gasteiger partial charge on any atom is 0.115 e. The van der Waals surface area contributed by atoms with E-state index < -0.39 is 6.10 Å². The molecule has 1 atom stereocenters. The van der Waals surface area contributed by atoms with Crippen molar-refractivity contribution in [1.29, 1.82) is 0 Å². The summed E-state index contributed by atoms with van der Waals surface area (Å²) in [4.78, 5) is 0. The van der Waals surface area contributed by atoms with Crippen molar-refractivity contribution < 1.29 is 14.9 Å². The van der Waals surface area contributed by atoms with Crippen LogP contribution in [0.3, 0.4) is 0 Å². The number of unbranched alkanes of at least 4 members (excludes halogenated alkanes) is 6. The summed E-state index contributed by atoms with van der Waals surface area (Å²) >= 11 is 0. The van der Waals surface area contributed by atoms with Gasteiger partial charge in [0.05, 0.1) is 12.9 Å². The first-order chi connectivity index (χ1) is 9.81. The largest absolute Gasteiger partial charge is 0.498 e. The van der Waals surface area contributed by atoms with E-state index in [0.29, 0.717) is 0 Å². The highest BCUT2D eigenvalue weighted by Gasteiger charge is 1.98. The van der Waals surface area contributed by atoms with Crippen molar-refractivity contribution in [2.45, 2.75) is 58.0 Å². The van der Waals surface area contributed by atoms with E-state index >= 15 is 0 Å². The van der Waals surface area contributed by atoms with Crippen molar-refractivity contribution in [3.05, 3.63) is 24.5 Å². The number of ether oxygens (including phenoxy) is 1. The topological polar surface area (TPSA) is 49.7 Å². The van der Waals surface area contributed by atoms with Crippen LogP contribution < -0.4 is 0 Å². The SMILES string of the molecule is CCCCCCCC/C=C\C#C/C=C/OCC(O)CO. The summed E-state index contributed by atoms with van der Waals surface area (Å²) in [6.07, 6.45) is 15.1. The summed E-state index contributed by atoms with van der Waals surface area (Å²) in [7, 11) is 0. The Labute approximate surface area is 123 Å². The van der Waals surface area contributed by atoms with Gasteiger partial charge in [-0.25, -0.2) is 0 Å². The zero-order valence-electron chi connectivity index (χ0n) is 12.6. The van der Waals surface area contributed by atoms with E-state index in [9.17, 15) is 0 Å². The molecule has 0 rings (SSSR count). The van der Waals surface area contributed by atoms with Gasteiger partial charge in [-0.05, 0) is 18.9 Å². The van der Waals surface area contributed by atoms with Crippen molar-refractivity contribution in [3.8, 4) is 11.8 Å². The fourth-order valence-corrected chi connectivity index (χ4v) is 1.58. The molecule has 0 amide bonds. The Balaban J connectivity index is 3.42. The fourth-order valence-electron chi connectivity index (χ4n) is 1.58. The fraction of sp³-hybridized carbons (Fsp3) is 0.647. The Bertz CT molecular complexity index is 310. The van der Waals surface area contributed by atoms with Crippen molar-refractivity contribution >= 4 is 0 Å². The van der Waals surface area contributed by atoms with Gasteiger partial charge in [-0.1, -0.05) is 56.9 Å². The van der Waals surface area contributed by atoms with E-state index in [2.05, 4.69) is 24.8 Å². The number of allylic oxidation sites excluding steroid dienone is 3. The smallest absolute Gasteiger partial charge is 0.115 e. The minimum atomic E-state index is -0.829. The van der Waals surface area contributed by atoms with Gasteiger partial charge in [-0.15, -0.1) is 0 Å². The zero-order valence-corrected chi connectivity index (χ0v) is 12.6. The minimum Gasteiger partial charge on any atom is -0.498 e. The third-order valence-corrected chi connectivity index (χ3v) is 2.76. The van der Waals surface area contributed by atoms with Gasteiger partial charge in [-0.3, -0.25) is 0 Å². The standard InChI is InChI=1S/C17H28O3/c1-2-3-4-5-6-7-8-9-10-11-12-13-14-20-16-17(19)15-18/h9-10,13-14,17-19H,2-8,15-16H2,1H3/b10-9-,14-13+. The van der Waals surface area contributed by atoms with Gasteiger partial charge in [-0.2, -0.15) is 0 Å². The second kappa shape index (κ2) is 15.8. The first kappa shape index (κ1) is 18.8. The Morgan fingerprint density at radius 1 is 1.05 bits per heavy atom. The molecule has 0 heterocycles. The molecule has 3 nitrogen and oxygen atoms in total. The van der Waals surface area contributed by atoms with Crippen molar-refractivity contribution in [3.63, 3.8) is 0 Å². The highest BCUT2D eigenvalue weighted by Crippen LogP contribution is 2.06. The molecule has 0 aromatic heterocycles. The quantitative estimate of drug-likeness (QED) is 0.347. The molecule has 0 aromatic rings. The lowest BCUT2D eigenvalue weighted by Gasteiger charge is -2.04. The monoisotopic (exact) mass is 280 g/mol. The molecule has 0 aliphatic carbocycles. The molecule has 2 N–H and O–H groups in total. The van der Waals surface area contributed by atoms with Crippen LogP contribution in [0.5, 0.6) is 0 Å². The number of hydrogen-bond acceptors (Lipinski definition) is 3. The van der Waals surface area contributed by atoms with E-state index in [1.807, 2.05) is 6.08 Å². The summed E-state index contributed by atoms with van der Waals surface area (Å²) in [5.41, 5.74) is 0. The van der Waals surface area contributed by atoms with E-state index in [1.165, 1.54) is 44.8 Å². The Hall–Kier alpha value is -1.24. The predicted octanol–water partition coefficient (Wildman–Crippen LogP) is 3.18. The number of aliphatic hydroxyl groups excluding tert-OH is 2. The van der Waals surface area contributed by atoms with Crippen LogP contribution in [0, 0.1) is 11.8 Å². The lowest BCUT2D eigenvalue weighted by molar-refractivity contribution is 0.0385. The van der Waals surface area contributed by atoms with Crippen LogP contribution in [0.1, 0.15) is 51.9 Å². The average molecular weight is 280 g/mol. The van der Waals surface area contributed by atoms with Gasteiger partial charge in [0.15, 0.2) is 0 Å². The molecule has 0 bridgehead atoms. The maximum absolute atomic E-state index is 8.99. The van der Waals surface area contributed by atoms with Gasteiger partial charge in [0.25, 0.3) is 0 Å². The Morgan fingerprint density at radius 2 is 1.75 bits per heavy atom. The summed E-state index contributed by atoms with van der Waals surface area (Å²) in [5, 5.41) is 17.5. The second-order valence-electron chi connectivity index (χ2n) is 4.72. The summed E-state index contributed by atoms with van der Waals surface area (Å²) in [6, 6.07) is 0. The molecule has 3 heteroatoms. The highest BCUT2D eigenvalue weighted by molar-refractivity contribution is 5.22. The van der Waals surface area contributed by atoms with E-state index in [1.54, 1.807) is 6.08 Å². The third-order valence-electron chi connectivity index (χ3n) is 2.76. The second-order valence-corrected chi connectivity index (χ2v) is 4.72. The summed E-state index contributed by atoms with van der Waals surface area (Å²) in [5.74, 6) is 5.70. The normalized spacial score (nSPS) is 12.6. The molecular formula is C17H28O3. The van der Waals surface area contributed by atoms with Gasteiger partial charge >= 0.3 is 0 Å². The lowest BCUT2D eigenvalue weighted by Crippen LogP contribution is -2.17. The molecule has 0 aliphatic heterocycles. The molecule has 0 aromatic carbocycles.